The van der Waals surface area contributed by atoms with Crippen LogP contribution in [0.15, 0.2) is 41.6 Å². The Kier molecular flexibility index (Phi) is 5.97. The van der Waals surface area contributed by atoms with Gasteiger partial charge in [-0.1, -0.05) is 42.5 Å². The summed E-state index contributed by atoms with van der Waals surface area (Å²) in [6.07, 6.45) is 0. The fraction of sp³-hybridized carbons (Fsp3) is 0.368. The zero-order valence-corrected chi connectivity index (χ0v) is 17.7. The van der Waals surface area contributed by atoms with Gasteiger partial charge in [-0.3, -0.25) is 14.5 Å². The topological polar surface area (TPSA) is 108 Å². The number of thioether (sulfide) groups is 1. The fourth-order valence-corrected chi connectivity index (χ4v) is 4.94. The Bertz CT molecular complexity index is 904. The van der Waals surface area contributed by atoms with Crippen molar-refractivity contribution in [2.24, 2.45) is 0 Å². The van der Waals surface area contributed by atoms with Crippen molar-refractivity contribution in [1.29, 1.82) is 0 Å². The number of hydrogen-bond acceptors (Lipinski definition) is 6. The summed E-state index contributed by atoms with van der Waals surface area (Å²) in [4.78, 5) is 39.3. The van der Waals surface area contributed by atoms with Crippen molar-refractivity contribution in [3.05, 3.63) is 47.2 Å². The number of thiocarbonyl (C=S) groups is 1. The Labute approximate surface area is 177 Å². The molecule has 8 nitrogen and oxygen atoms in total. The summed E-state index contributed by atoms with van der Waals surface area (Å²) in [6, 6.07) is 8.13. The van der Waals surface area contributed by atoms with Crippen LogP contribution >= 0.6 is 24.0 Å². The highest BCUT2D eigenvalue weighted by atomic mass is 32.2. The first-order valence-electron chi connectivity index (χ1n) is 8.80. The number of nitrogens with one attached hydrogen (secondary N) is 2. The van der Waals surface area contributed by atoms with Crippen molar-refractivity contribution in [3.63, 3.8) is 0 Å². The molecule has 0 saturated carbocycles. The van der Waals surface area contributed by atoms with Gasteiger partial charge in [0.2, 0.25) is 5.91 Å². The lowest BCUT2D eigenvalue weighted by molar-refractivity contribution is -0.192. The quantitative estimate of drug-likeness (QED) is 0.350. The molecule has 29 heavy (non-hydrogen) atoms. The highest BCUT2D eigenvalue weighted by Crippen LogP contribution is 2.46. The molecular formula is C19H21N3O5S2. The Balaban J connectivity index is 1.89. The third kappa shape index (κ3) is 3.63. The second kappa shape index (κ2) is 8.13. The first kappa shape index (κ1) is 21.3. The minimum Gasteiger partial charge on any atom is -0.477 e. The van der Waals surface area contributed by atoms with Crippen molar-refractivity contribution >= 4 is 46.8 Å². The molecule has 0 aromatic heterocycles. The molecule has 2 aliphatic rings. The van der Waals surface area contributed by atoms with E-state index >= 15 is 0 Å². The van der Waals surface area contributed by atoms with Crippen LogP contribution in [0.25, 0.3) is 0 Å². The highest BCUT2D eigenvalue weighted by molar-refractivity contribution is 8.00. The normalized spacial score (nSPS) is 24.3. The van der Waals surface area contributed by atoms with Crippen LogP contribution < -0.4 is 10.6 Å². The van der Waals surface area contributed by atoms with Gasteiger partial charge >= 0.3 is 5.97 Å². The Morgan fingerprint density at radius 3 is 2.59 bits per heavy atom. The number of carbonyl (C=O) groups excluding carboxylic acids is 2. The lowest BCUT2D eigenvalue weighted by Gasteiger charge is -2.55. The number of ether oxygens (including phenoxy) is 1. The third-order valence-electron chi connectivity index (χ3n) is 4.80. The number of nitrogens with zero attached hydrogens (tertiary/aromatic N) is 1. The minimum atomic E-state index is -1.65. The van der Waals surface area contributed by atoms with Crippen LogP contribution in [0, 0.1) is 0 Å². The summed E-state index contributed by atoms with van der Waals surface area (Å²) in [5, 5.41) is 14.5. The molecule has 2 heterocycles. The molecule has 3 atom stereocenters. The molecule has 10 heteroatoms. The first-order valence-corrected chi connectivity index (χ1v) is 10.3. The van der Waals surface area contributed by atoms with Gasteiger partial charge < -0.3 is 20.5 Å². The number of carboxylic acid groups (broad SMARTS) is 1. The van der Waals surface area contributed by atoms with Crippen molar-refractivity contribution < 1.29 is 24.2 Å². The largest absolute Gasteiger partial charge is 0.477 e. The van der Waals surface area contributed by atoms with Crippen LogP contribution in [-0.2, 0) is 19.1 Å². The van der Waals surface area contributed by atoms with E-state index in [1.165, 1.54) is 23.8 Å². The molecule has 1 fully saturated rings. The van der Waals surface area contributed by atoms with Crippen molar-refractivity contribution in [3.8, 4) is 0 Å². The molecule has 2 unspecified atom stereocenters. The molecule has 1 aromatic carbocycles. The number of methoxy groups -OCH3 is 1. The van der Waals surface area contributed by atoms with Gasteiger partial charge in [0, 0.05) is 12.9 Å². The second-order valence-corrected chi connectivity index (χ2v) is 8.43. The number of amides is 2. The van der Waals surface area contributed by atoms with Gasteiger partial charge in [-0.25, -0.2) is 4.79 Å². The number of hydrogen-bond donors (Lipinski definition) is 3. The van der Waals surface area contributed by atoms with Crippen molar-refractivity contribution in [2.45, 2.75) is 31.0 Å². The molecule has 0 aliphatic carbocycles. The molecule has 3 rings (SSSR count). The summed E-state index contributed by atoms with van der Waals surface area (Å²) in [5.74, 6) is -1.89. The Morgan fingerprint density at radius 1 is 1.38 bits per heavy atom. The average molecular weight is 436 g/mol. The number of fused-ring (bicyclic) bond motifs is 1. The van der Waals surface area contributed by atoms with Crippen LogP contribution in [-0.4, -0.2) is 56.7 Å². The number of carboxylic acids is 1. The molecule has 0 bridgehead atoms. The van der Waals surface area contributed by atoms with E-state index < -0.39 is 34.9 Å². The maximum absolute atomic E-state index is 13.1. The van der Waals surface area contributed by atoms with E-state index in [4.69, 9.17) is 17.0 Å². The molecule has 154 valence electrons. The van der Waals surface area contributed by atoms with Crippen LogP contribution in [0.5, 0.6) is 0 Å². The van der Waals surface area contributed by atoms with E-state index in [1.54, 1.807) is 38.1 Å². The lowest BCUT2D eigenvalue weighted by Crippen LogP contribution is -2.81. The van der Waals surface area contributed by atoms with E-state index in [0.717, 1.165) is 0 Å². The molecular weight excluding hydrogens is 414 g/mol. The minimum absolute atomic E-state index is 0.0619. The number of carbonyl (C=O) groups is 3. The van der Waals surface area contributed by atoms with E-state index in [2.05, 4.69) is 10.6 Å². The summed E-state index contributed by atoms with van der Waals surface area (Å²) in [5.41, 5.74) is -0.452. The molecule has 2 aliphatic heterocycles. The lowest BCUT2D eigenvalue weighted by atomic mass is 9.97. The van der Waals surface area contributed by atoms with E-state index in [1.807, 2.05) is 6.07 Å². The van der Waals surface area contributed by atoms with Gasteiger partial charge in [-0.2, -0.15) is 0 Å². The fourth-order valence-electron chi connectivity index (χ4n) is 3.44. The maximum atomic E-state index is 13.1. The molecule has 0 radical (unpaired) electrons. The summed E-state index contributed by atoms with van der Waals surface area (Å²) >= 11 is 6.44. The second-order valence-electron chi connectivity index (χ2n) is 6.75. The zero-order valence-electron chi connectivity index (χ0n) is 16.1. The van der Waals surface area contributed by atoms with E-state index in [-0.39, 0.29) is 5.70 Å². The first-order chi connectivity index (χ1) is 13.7. The van der Waals surface area contributed by atoms with Gasteiger partial charge in [0.05, 0.1) is 4.99 Å². The Hall–Kier alpha value is -2.43. The summed E-state index contributed by atoms with van der Waals surface area (Å²) < 4.78 is 5.46. The van der Waals surface area contributed by atoms with Crippen LogP contribution in [0.2, 0.25) is 0 Å². The maximum Gasteiger partial charge on any atom is 0.352 e. The van der Waals surface area contributed by atoms with Crippen LogP contribution in [0.4, 0.5) is 0 Å². The SMILES string of the molecule is CO[C@@]1(NC(=O)C(NC(C)=S)c2ccccc2)C(=O)N2C(C(=O)O)=C(C)CSC21. The van der Waals surface area contributed by atoms with Gasteiger partial charge in [0.15, 0.2) is 0 Å². The van der Waals surface area contributed by atoms with Gasteiger partial charge in [-0.05, 0) is 25.0 Å². The number of rotatable bonds is 6. The van der Waals surface area contributed by atoms with Crippen molar-refractivity contribution in [1.82, 2.24) is 15.5 Å². The summed E-state index contributed by atoms with van der Waals surface area (Å²) in [7, 11) is 1.32. The van der Waals surface area contributed by atoms with Gasteiger partial charge in [-0.15, -0.1) is 11.8 Å². The number of benzene rings is 1. The predicted molar refractivity (Wildman–Crippen MR) is 112 cm³/mol. The zero-order chi connectivity index (χ0) is 21.3. The standard InChI is InChI=1S/C19H21N3O5S2/c1-10-9-29-18-19(27-3,17(26)22(18)14(10)16(24)25)21-15(23)13(20-11(2)28)12-7-5-4-6-8-12/h4-8,13,18H,9H2,1-3H3,(H,20,28)(H,21,23)(H,24,25)/t13?,18?,19-/m0/s1. The van der Waals surface area contributed by atoms with E-state index in [0.29, 0.717) is 21.9 Å². The third-order valence-corrected chi connectivity index (χ3v) is 6.37. The molecule has 0 spiro atoms. The van der Waals surface area contributed by atoms with Crippen molar-refractivity contribution in [2.75, 3.05) is 12.9 Å². The average Bonchev–Trinajstić information content (AvgIpc) is 2.69. The van der Waals surface area contributed by atoms with Crippen LogP contribution in [0.3, 0.4) is 0 Å². The Morgan fingerprint density at radius 2 is 2.03 bits per heavy atom. The monoisotopic (exact) mass is 435 g/mol. The predicted octanol–water partition coefficient (Wildman–Crippen LogP) is 1.40. The smallest absolute Gasteiger partial charge is 0.352 e. The molecule has 2 amide bonds. The summed E-state index contributed by atoms with van der Waals surface area (Å²) in [6.45, 7) is 3.33. The molecule has 1 saturated heterocycles. The van der Waals surface area contributed by atoms with E-state index in [9.17, 15) is 19.5 Å². The highest BCUT2D eigenvalue weighted by Gasteiger charge is 2.66. The number of aliphatic carboxylic acids is 1. The number of β-lactam (4-membered cyclic amide) rings is 1. The van der Waals surface area contributed by atoms with Gasteiger partial charge in [0.1, 0.15) is 17.1 Å². The van der Waals surface area contributed by atoms with Gasteiger partial charge in [0.25, 0.3) is 11.6 Å². The molecule has 3 N–H and O–H groups in total. The molecule has 1 aromatic rings. The van der Waals surface area contributed by atoms with Crippen LogP contribution in [0.1, 0.15) is 25.5 Å².